The minimum atomic E-state index is -0.445. The fraction of sp³-hybridized carbons (Fsp3) is 0.333. The molecule has 2 amide bonds. The third-order valence-corrected chi connectivity index (χ3v) is 6.99. The average molecular weight is 484 g/mol. The molecule has 2 saturated heterocycles. The molecule has 0 radical (unpaired) electrons. The van der Waals surface area contributed by atoms with Crippen LogP contribution in [0, 0.1) is 0 Å². The summed E-state index contributed by atoms with van der Waals surface area (Å²) in [7, 11) is 0. The lowest BCUT2D eigenvalue weighted by Gasteiger charge is -2.15. The number of nitrogens with one attached hydrogen (secondary N) is 2. The number of carbonyl (C=O) groups is 2. The Hall–Kier alpha value is -3.64. The number of hydrogen-bond acceptors (Lipinski definition) is 4. The van der Waals surface area contributed by atoms with Crippen LogP contribution in [-0.2, 0) is 16.0 Å². The molecule has 0 aliphatic carbocycles. The highest BCUT2D eigenvalue weighted by molar-refractivity contribution is 5.99. The second kappa shape index (κ2) is 11.4. The minimum absolute atomic E-state index is 0.0678. The zero-order chi connectivity index (χ0) is 24.7. The van der Waals surface area contributed by atoms with Crippen LogP contribution in [0.5, 0.6) is 5.75 Å². The molecule has 1 atom stereocenters. The topological polar surface area (TPSA) is 70.7 Å². The van der Waals surface area contributed by atoms with Crippen molar-refractivity contribution in [1.29, 1.82) is 0 Å². The molecule has 2 aliphatic rings. The van der Waals surface area contributed by atoms with Crippen molar-refractivity contribution in [3.8, 4) is 16.9 Å². The van der Waals surface area contributed by atoms with Crippen molar-refractivity contribution in [3.63, 3.8) is 0 Å². The van der Waals surface area contributed by atoms with E-state index in [2.05, 4.69) is 64.1 Å². The number of benzene rings is 3. The molecule has 5 rings (SSSR count). The minimum Gasteiger partial charge on any atom is -0.492 e. The van der Waals surface area contributed by atoms with Crippen LogP contribution in [0.2, 0.25) is 0 Å². The molecule has 3 aromatic rings. The summed E-state index contributed by atoms with van der Waals surface area (Å²) in [6.45, 7) is 4.11. The fourth-order valence-corrected chi connectivity index (χ4v) is 4.95. The van der Waals surface area contributed by atoms with Gasteiger partial charge in [-0.15, -0.1) is 0 Å². The maximum absolute atomic E-state index is 12.4. The Kier molecular flexibility index (Phi) is 7.62. The molecule has 6 heteroatoms. The number of anilines is 1. The van der Waals surface area contributed by atoms with Crippen LogP contribution in [0.3, 0.4) is 0 Å². The molecule has 0 bridgehead atoms. The van der Waals surface area contributed by atoms with E-state index in [0.717, 1.165) is 36.6 Å². The van der Waals surface area contributed by atoms with E-state index in [1.54, 1.807) is 0 Å². The number of amides is 2. The van der Waals surface area contributed by atoms with Gasteiger partial charge in [-0.2, -0.15) is 0 Å². The quantitative estimate of drug-likeness (QED) is 0.465. The van der Waals surface area contributed by atoms with Gasteiger partial charge in [-0.25, -0.2) is 0 Å². The molecule has 2 N–H and O–H groups in total. The molecule has 3 aromatic carbocycles. The first-order chi connectivity index (χ1) is 17.6. The molecule has 2 aliphatic heterocycles. The van der Waals surface area contributed by atoms with Crippen molar-refractivity contribution < 1.29 is 14.3 Å². The molecule has 2 fully saturated rings. The molecule has 6 nitrogen and oxygen atoms in total. The number of likely N-dealkylation sites (tertiary alicyclic amines) is 1. The average Bonchev–Trinajstić information content (AvgIpc) is 3.58. The summed E-state index contributed by atoms with van der Waals surface area (Å²) < 4.78 is 5.95. The summed E-state index contributed by atoms with van der Waals surface area (Å²) in [5, 5.41) is 5.61. The molecule has 2 heterocycles. The van der Waals surface area contributed by atoms with E-state index in [4.69, 9.17) is 4.74 Å². The second-order valence-electron chi connectivity index (χ2n) is 9.60. The Labute approximate surface area is 212 Å². The van der Waals surface area contributed by atoms with Gasteiger partial charge in [0.05, 0.1) is 0 Å². The first kappa shape index (κ1) is 24.1. The predicted octanol–water partition coefficient (Wildman–Crippen LogP) is 4.64. The van der Waals surface area contributed by atoms with Crippen molar-refractivity contribution in [3.05, 3.63) is 83.9 Å². The van der Waals surface area contributed by atoms with Crippen molar-refractivity contribution >= 4 is 17.5 Å². The molecular weight excluding hydrogens is 450 g/mol. The number of ether oxygens (including phenoxy) is 1. The Balaban J connectivity index is 1.19. The van der Waals surface area contributed by atoms with E-state index in [9.17, 15) is 9.59 Å². The number of carbonyl (C=O) groups excluding carboxylic acids is 2. The van der Waals surface area contributed by atoms with Crippen LogP contribution in [0.15, 0.2) is 72.8 Å². The van der Waals surface area contributed by atoms with E-state index in [1.165, 1.54) is 42.6 Å². The molecule has 1 unspecified atom stereocenters. The number of hydrogen-bond donors (Lipinski definition) is 2. The third-order valence-electron chi connectivity index (χ3n) is 6.99. The van der Waals surface area contributed by atoms with Crippen molar-refractivity contribution in [2.45, 2.75) is 38.1 Å². The van der Waals surface area contributed by atoms with Crippen LogP contribution in [-0.4, -0.2) is 49.0 Å². The Morgan fingerprint density at radius 2 is 1.72 bits per heavy atom. The van der Waals surface area contributed by atoms with Gasteiger partial charge in [0.25, 0.3) is 0 Å². The lowest BCUT2D eigenvalue weighted by atomic mass is 9.95. The highest BCUT2D eigenvalue weighted by Gasteiger charge is 2.27. The zero-order valence-corrected chi connectivity index (χ0v) is 20.5. The first-order valence-corrected chi connectivity index (χ1v) is 12.9. The van der Waals surface area contributed by atoms with Gasteiger partial charge in [-0.1, -0.05) is 48.5 Å². The highest BCUT2D eigenvalue weighted by atomic mass is 16.5. The van der Waals surface area contributed by atoms with Gasteiger partial charge in [0.2, 0.25) is 11.8 Å². The Morgan fingerprint density at radius 3 is 2.44 bits per heavy atom. The van der Waals surface area contributed by atoms with Crippen LogP contribution >= 0.6 is 0 Å². The second-order valence-corrected chi connectivity index (χ2v) is 9.60. The van der Waals surface area contributed by atoms with Crippen molar-refractivity contribution in [2.75, 3.05) is 31.6 Å². The number of nitrogens with zero attached hydrogens (tertiary/aromatic N) is 1. The maximum atomic E-state index is 12.4. The summed E-state index contributed by atoms with van der Waals surface area (Å²) in [6, 6.07) is 24.2. The molecule has 0 saturated carbocycles. The van der Waals surface area contributed by atoms with E-state index >= 15 is 0 Å². The van der Waals surface area contributed by atoms with E-state index < -0.39 is 6.04 Å². The summed E-state index contributed by atoms with van der Waals surface area (Å²) in [6.07, 6.45) is 4.38. The van der Waals surface area contributed by atoms with Gasteiger partial charge in [0, 0.05) is 18.7 Å². The van der Waals surface area contributed by atoms with Gasteiger partial charge >= 0.3 is 0 Å². The molecule has 36 heavy (non-hydrogen) atoms. The largest absolute Gasteiger partial charge is 0.492 e. The van der Waals surface area contributed by atoms with Crippen molar-refractivity contribution in [1.82, 2.24) is 10.2 Å². The normalized spacial score (nSPS) is 17.7. The van der Waals surface area contributed by atoms with Gasteiger partial charge in [0.15, 0.2) is 0 Å². The zero-order valence-electron chi connectivity index (χ0n) is 20.5. The smallest absolute Gasteiger partial charge is 0.246 e. The Bertz CT molecular complexity index is 1180. The molecule has 0 aromatic heterocycles. The standard InChI is InChI=1S/C30H33N3O3/c34-29-16-15-28(32-29)30(35)31-25-11-9-23(10-12-25)27-6-2-1-5-24(27)21-22-7-13-26(14-8-22)36-20-19-33-17-3-4-18-33/h1-2,5-14,28H,3-4,15-21H2,(H,31,35)(H,32,34). The summed E-state index contributed by atoms with van der Waals surface area (Å²) >= 11 is 0. The summed E-state index contributed by atoms with van der Waals surface area (Å²) in [5.74, 6) is 0.681. The molecule has 186 valence electrons. The van der Waals surface area contributed by atoms with E-state index in [0.29, 0.717) is 12.8 Å². The van der Waals surface area contributed by atoms with Crippen LogP contribution in [0.4, 0.5) is 5.69 Å². The summed E-state index contributed by atoms with van der Waals surface area (Å²) in [5.41, 5.74) is 5.47. The van der Waals surface area contributed by atoms with Gasteiger partial charge < -0.3 is 15.4 Å². The highest BCUT2D eigenvalue weighted by Crippen LogP contribution is 2.28. The third kappa shape index (κ3) is 6.13. The molecular formula is C30H33N3O3. The maximum Gasteiger partial charge on any atom is 0.246 e. The lowest BCUT2D eigenvalue weighted by Crippen LogP contribution is -2.37. The van der Waals surface area contributed by atoms with E-state index in [-0.39, 0.29) is 11.8 Å². The summed E-state index contributed by atoms with van der Waals surface area (Å²) in [4.78, 5) is 26.2. The van der Waals surface area contributed by atoms with E-state index in [1.807, 2.05) is 24.3 Å². The first-order valence-electron chi connectivity index (χ1n) is 12.9. The van der Waals surface area contributed by atoms with Crippen LogP contribution in [0.25, 0.3) is 11.1 Å². The number of rotatable bonds is 9. The van der Waals surface area contributed by atoms with Gasteiger partial charge in [0.1, 0.15) is 18.4 Å². The van der Waals surface area contributed by atoms with Gasteiger partial charge in [-0.3, -0.25) is 14.5 Å². The van der Waals surface area contributed by atoms with Crippen molar-refractivity contribution in [2.24, 2.45) is 0 Å². The molecule has 0 spiro atoms. The predicted molar refractivity (Wildman–Crippen MR) is 142 cm³/mol. The van der Waals surface area contributed by atoms with Crippen LogP contribution < -0.4 is 15.4 Å². The van der Waals surface area contributed by atoms with Crippen LogP contribution in [0.1, 0.15) is 36.8 Å². The monoisotopic (exact) mass is 483 g/mol. The fourth-order valence-electron chi connectivity index (χ4n) is 4.95. The Morgan fingerprint density at radius 1 is 0.972 bits per heavy atom. The SMILES string of the molecule is O=C1CCC(C(=O)Nc2ccc(-c3ccccc3Cc3ccc(OCCN4CCCC4)cc3)cc2)N1. The lowest BCUT2D eigenvalue weighted by molar-refractivity contribution is -0.122. The van der Waals surface area contributed by atoms with Gasteiger partial charge in [-0.05, 0) is 85.3 Å².